The molecule has 1 aliphatic rings. The van der Waals surface area contributed by atoms with E-state index in [0.29, 0.717) is 29.3 Å². The number of nitrogens with one attached hydrogen (secondary N) is 1. The number of carbonyl (C=O) groups is 1. The Hall–Kier alpha value is -2.08. The van der Waals surface area contributed by atoms with Crippen LogP contribution in [0.15, 0.2) is 22.6 Å². The van der Waals surface area contributed by atoms with Crippen molar-refractivity contribution in [2.75, 3.05) is 11.9 Å². The smallest absolute Gasteiger partial charge is 0.325 e. The van der Waals surface area contributed by atoms with Gasteiger partial charge in [-0.3, -0.25) is 5.32 Å². The summed E-state index contributed by atoms with van der Waals surface area (Å²) in [5.74, 6) is 0.329. The third-order valence-electron chi connectivity index (χ3n) is 4.38. The number of likely N-dealkylation sites (tertiary alicyclic amines) is 1. The largest absolute Gasteiger partial charge is 0.428 e. The van der Waals surface area contributed by atoms with Gasteiger partial charge in [-0.25, -0.2) is 9.18 Å². The number of hydrogen-bond acceptors (Lipinski definition) is 3. The maximum Gasteiger partial charge on any atom is 0.325 e. The van der Waals surface area contributed by atoms with Gasteiger partial charge < -0.3 is 9.32 Å². The molecule has 7 heteroatoms. The van der Waals surface area contributed by atoms with Crippen molar-refractivity contribution >= 4 is 23.6 Å². The van der Waals surface area contributed by atoms with E-state index in [2.05, 4.69) is 10.3 Å². The molecule has 1 fully saturated rings. The lowest BCUT2D eigenvalue weighted by atomic mass is 10.0. The minimum Gasteiger partial charge on any atom is -0.428 e. The lowest BCUT2D eigenvalue weighted by molar-refractivity contribution is 0.205. The van der Waals surface area contributed by atoms with Gasteiger partial charge in [0.05, 0.1) is 5.69 Å². The van der Waals surface area contributed by atoms with Gasteiger partial charge in [0.25, 0.3) is 0 Å². The summed E-state index contributed by atoms with van der Waals surface area (Å²) < 4.78 is 19.4. The molecule has 0 radical (unpaired) electrons. The molecule has 2 heterocycles. The monoisotopic (exact) mass is 351 g/mol. The molecule has 3 rings (SSSR count). The summed E-state index contributed by atoms with van der Waals surface area (Å²) in [5.41, 5.74) is 1.19. The molecule has 1 aliphatic heterocycles. The molecule has 2 aromatic rings. The highest BCUT2D eigenvalue weighted by Gasteiger charge is 2.30. The summed E-state index contributed by atoms with van der Waals surface area (Å²) in [6.45, 7) is 4.21. The summed E-state index contributed by atoms with van der Waals surface area (Å²) in [6.07, 6.45) is 2.07. The van der Waals surface area contributed by atoms with Gasteiger partial charge in [0.2, 0.25) is 0 Å². The van der Waals surface area contributed by atoms with Gasteiger partial charge in [-0.05, 0) is 45.2 Å². The highest BCUT2D eigenvalue weighted by Crippen LogP contribution is 2.27. The zero-order chi connectivity index (χ0) is 17.3. The Bertz CT molecular complexity index is 723. The molecule has 5 nitrogen and oxygen atoms in total. The third kappa shape index (κ3) is 3.38. The van der Waals surface area contributed by atoms with Gasteiger partial charge in [0.1, 0.15) is 11.6 Å². The highest BCUT2D eigenvalue weighted by atomic mass is 35.5. The van der Waals surface area contributed by atoms with E-state index in [1.165, 1.54) is 6.07 Å². The Labute approximate surface area is 144 Å². The van der Waals surface area contributed by atoms with Crippen LogP contribution in [0.2, 0.25) is 5.02 Å². The van der Waals surface area contributed by atoms with E-state index >= 15 is 0 Å². The standard InChI is InChI=1S/C17H19ClFN3O2/c1-10-11(2)24-16(20-10)21-17(23)22-8-4-5-12(22)9-13-14(18)6-3-7-15(13)19/h3,6-7,12H,4-5,8-9H2,1-2H3,(H,20,21,23). The first-order valence-electron chi connectivity index (χ1n) is 7.90. The number of rotatable bonds is 3. The summed E-state index contributed by atoms with van der Waals surface area (Å²) >= 11 is 6.10. The fraction of sp³-hybridized carbons (Fsp3) is 0.412. The van der Waals surface area contributed by atoms with Crippen LogP contribution in [0, 0.1) is 19.7 Å². The van der Waals surface area contributed by atoms with Crippen molar-refractivity contribution < 1.29 is 13.6 Å². The van der Waals surface area contributed by atoms with E-state index < -0.39 is 0 Å². The van der Waals surface area contributed by atoms with Crippen molar-refractivity contribution in [1.82, 2.24) is 9.88 Å². The second kappa shape index (κ2) is 6.81. The van der Waals surface area contributed by atoms with Crippen LogP contribution in [0.3, 0.4) is 0 Å². The number of aryl methyl sites for hydroxylation is 2. The Morgan fingerprint density at radius 2 is 2.29 bits per heavy atom. The van der Waals surface area contributed by atoms with Crippen LogP contribution in [0.25, 0.3) is 0 Å². The molecule has 24 heavy (non-hydrogen) atoms. The average molecular weight is 352 g/mol. The van der Waals surface area contributed by atoms with Crippen LogP contribution < -0.4 is 5.32 Å². The number of anilines is 1. The first kappa shape index (κ1) is 16.8. The summed E-state index contributed by atoms with van der Waals surface area (Å²) in [6, 6.07) is 4.43. The van der Waals surface area contributed by atoms with Crippen LogP contribution in [-0.4, -0.2) is 28.5 Å². The number of oxazole rings is 1. The van der Waals surface area contributed by atoms with Crippen molar-refractivity contribution in [1.29, 1.82) is 0 Å². The fourth-order valence-electron chi connectivity index (χ4n) is 2.97. The molecular weight excluding hydrogens is 333 g/mol. The minimum absolute atomic E-state index is 0.100. The Morgan fingerprint density at radius 1 is 1.50 bits per heavy atom. The topological polar surface area (TPSA) is 58.4 Å². The second-order valence-electron chi connectivity index (χ2n) is 5.98. The molecule has 1 aromatic heterocycles. The third-order valence-corrected chi connectivity index (χ3v) is 4.74. The van der Waals surface area contributed by atoms with E-state index in [1.807, 2.05) is 6.92 Å². The Kier molecular flexibility index (Phi) is 4.76. The summed E-state index contributed by atoms with van der Waals surface area (Å²) in [5, 5.41) is 3.06. The predicted octanol–water partition coefficient (Wildman–Crippen LogP) is 4.32. The molecule has 128 valence electrons. The Morgan fingerprint density at radius 3 is 2.96 bits per heavy atom. The van der Waals surface area contributed by atoms with Gasteiger partial charge in [0, 0.05) is 23.2 Å². The molecular formula is C17H19ClFN3O2. The van der Waals surface area contributed by atoms with Crippen molar-refractivity contribution in [3.05, 3.63) is 46.1 Å². The van der Waals surface area contributed by atoms with Crippen LogP contribution in [0.5, 0.6) is 0 Å². The zero-order valence-electron chi connectivity index (χ0n) is 13.6. The van der Waals surface area contributed by atoms with Crippen molar-refractivity contribution in [2.24, 2.45) is 0 Å². The predicted molar refractivity (Wildman–Crippen MR) is 89.8 cm³/mol. The van der Waals surface area contributed by atoms with Gasteiger partial charge in [-0.1, -0.05) is 17.7 Å². The Balaban J connectivity index is 1.72. The van der Waals surface area contributed by atoms with Gasteiger partial charge in [-0.2, -0.15) is 4.98 Å². The molecule has 0 spiro atoms. The van der Waals surface area contributed by atoms with Crippen LogP contribution in [-0.2, 0) is 6.42 Å². The number of carbonyl (C=O) groups excluding carboxylic acids is 1. The van der Waals surface area contributed by atoms with E-state index in [-0.39, 0.29) is 23.9 Å². The number of aromatic nitrogens is 1. The fourth-order valence-corrected chi connectivity index (χ4v) is 3.21. The first-order chi connectivity index (χ1) is 11.5. The number of amides is 2. The lowest BCUT2D eigenvalue weighted by Gasteiger charge is -2.24. The number of halogens is 2. The van der Waals surface area contributed by atoms with E-state index in [9.17, 15) is 9.18 Å². The molecule has 1 saturated heterocycles. The molecule has 0 aliphatic carbocycles. The second-order valence-corrected chi connectivity index (χ2v) is 6.39. The van der Waals surface area contributed by atoms with Gasteiger partial charge in [0.15, 0.2) is 0 Å². The summed E-state index contributed by atoms with van der Waals surface area (Å²) in [7, 11) is 0. The highest BCUT2D eigenvalue weighted by molar-refractivity contribution is 6.31. The van der Waals surface area contributed by atoms with Crippen molar-refractivity contribution in [2.45, 2.75) is 39.2 Å². The SMILES string of the molecule is Cc1nc(NC(=O)N2CCCC2Cc2c(F)cccc2Cl)oc1C. The van der Waals surface area contributed by atoms with Crippen molar-refractivity contribution in [3.8, 4) is 0 Å². The number of benzene rings is 1. The number of urea groups is 1. The number of hydrogen-bond donors (Lipinski definition) is 1. The number of nitrogens with zero attached hydrogens (tertiary/aromatic N) is 2. The van der Waals surface area contributed by atoms with Crippen LogP contribution in [0.4, 0.5) is 15.2 Å². The molecule has 0 saturated carbocycles. The lowest BCUT2D eigenvalue weighted by Crippen LogP contribution is -2.40. The van der Waals surface area contributed by atoms with E-state index in [4.69, 9.17) is 16.0 Å². The van der Waals surface area contributed by atoms with Crippen molar-refractivity contribution in [3.63, 3.8) is 0 Å². The van der Waals surface area contributed by atoms with E-state index in [1.54, 1.807) is 24.0 Å². The summed E-state index contributed by atoms with van der Waals surface area (Å²) in [4.78, 5) is 18.3. The molecule has 1 unspecified atom stereocenters. The molecule has 1 atom stereocenters. The first-order valence-corrected chi connectivity index (χ1v) is 8.28. The maximum absolute atomic E-state index is 14.0. The molecule has 2 amide bonds. The molecule has 1 aromatic carbocycles. The maximum atomic E-state index is 14.0. The van der Waals surface area contributed by atoms with Crippen LogP contribution in [0.1, 0.15) is 29.9 Å². The average Bonchev–Trinajstić information content (AvgIpc) is 3.10. The normalized spacial score (nSPS) is 17.3. The van der Waals surface area contributed by atoms with Gasteiger partial charge in [-0.15, -0.1) is 0 Å². The molecule has 1 N–H and O–H groups in total. The molecule has 0 bridgehead atoms. The van der Waals surface area contributed by atoms with Crippen LogP contribution >= 0.6 is 11.6 Å². The van der Waals surface area contributed by atoms with E-state index in [0.717, 1.165) is 18.5 Å². The van der Waals surface area contributed by atoms with Gasteiger partial charge >= 0.3 is 12.0 Å². The zero-order valence-corrected chi connectivity index (χ0v) is 14.4. The minimum atomic E-state index is -0.339. The quantitative estimate of drug-likeness (QED) is 0.895.